The largest absolute Gasteiger partial charge is 0.416 e. The maximum atomic E-state index is 13.3. The number of hydrogen-bond donors (Lipinski definition) is 1. The minimum Gasteiger partial charge on any atom is -0.324 e. The summed E-state index contributed by atoms with van der Waals surface area (Å²) in [6.07, 6.45) is -2.87. The first-order chi connectivity index (χ1) is 16.1. The Morgan fingerprint density at radius 1 is 1.09 bits per heavy atom. The van der Waals surface area contributed by atoms with Crippen LogP contribution in [0.3, 0.4) is 0 Å². The molecule has 4 aromatic rings. The maximum absolute atomic E-state index is 13.3. The Balaban J connectivity index is 1.70. The molecular formula is C24H22F3N5O2. The zero-order chi connectivity index (χ0) is 24.6. The molecule has 0 saturated carbocycles. The summed E-state index contributed by atoms with van der Waals surface area (Å²) in [6.45, 7) is 5.34. The van der Waals surface area contributed by atoms with E-state index in [9.17, 15) is 22.8 Å². The highest BCUT2D eigenvalue weighted by Gasteiger charge is 2.30. The van der Waals surface area contributed by atoms with Gasteiger partial charge in [-0.05, 0) is 48.7 Å². The molecule has 4 rings (SSSR count). The van der Waals surface area contributed by atoms with Crippen LogP contribution in [0.25, 0.3) is 16.6 Å². The number of carbonyl (C=O) groups is 1. The van der Waals surface area contributed by atoms with Gasteiger partial charge in [0.15, 0.2) is 0 Å². The van der Waals surface area contributed by atoms with Crippen LogP contribution in [0.1, 0.15) is 36.6 Å². The second-order valence-electron chi connectivity index (χ2n) is 8.23. The van der Waals surface area contributed by atoms with E-state index in [-0.39, 0.29) is 11.6 Å². The van der Waals surface area contributed by atoms with Crippen molar-refractivity contribution in [3.63, 3.8) is 0 Å². The van der Waals surface area contributed by atoms with E-state index in [4.69, 9.17) is 0 Å². The zero-order valence-corrected chi connectivity index (χ0v) is 18.7. The van der Waals surface area contributed by atoms with Crippen molar-refractivity contribution < 1.29 is 18.0 Å². The highest BCUT2D eigenvalue weighted by molar-refractivity contribution is 5.91. The van der Waals surface area contributed by atoms with Gasteiger partial charge in [0.05, 0.1) is 23.1 Å². The molecule has 10 heteroatoms. The van der Waals surface area contributed by atoms with Crippen molar-refractivity contribution in [3.05, 3.63) is 81.9 Å². The van der Waals surface area contributed by atoms with E-state index >= 15 is 0 Å². The number of rotatable bonds is 5. The van der Waals surface area contributed by atoms with Crippen LogP contribution >= 0.6 is 0 Å². The summed E-state index contributed by atoms with van der Waals surface area (Å²) in [4.78, 5) is 26.0. The fraction of sp³-hybridized carbons (Fsp3) is 0.250. The molecular weight excluding hydrogens is 447 g/mol. The molecule has 2 aromatic heterocycles. The molecule has 176 valence electrons. The zero-order valence-electron chi connectivity index (χ0n) is 18.7. The SMILES string of the molecule is Cc1ccccc1-n1ncc2c(C(C)C)nn(CC(=O)Nc3ccc(C(F)(F)F)cc3)c(=O)c21. The highest BCUT2D eigenvalue weighted by Crippen LogP contribution is 2.30. The van der Waals surface area contributed by atoms with E-state index in [2.05, 4.69) is 15.5 Å². The Kier molecular flexibility index (Phi) is 5.99. The molecule has 0 spiro atoms. The standard InChI is InChI=1S/C24H22F3N5O2/c1-14(2)21-18-12-28-32(19-7-5-4-6-15(19)3)22(18)23(34)31(30-21)13-20(33)29-17-10-8-16(9-11-17)24(25,26)27/h4-12,14H,13H2,1-3H3,(H,29,33). The molecule has 0 bridgehead atoms. The van der Waals surface area contributed by atoms with Gasteiger partial charge in [-0.25, -0.2) is 9.36 Å². The topological polar surface area (TPSA) is 81.8 Å². The summed E-state index contributed by atoms with van der Waals surface area (Å²) in [5, 5.41) is 11.9. The van der Waals surface area contributed by atoms with E-state index in [1.54, 1.807) is 10.9 Å². The number of aryl methyl sites for hydroxylation is 1. The average molecular weight is 469 g/mol. The van der Waals surface area contributed by atoms with E-state index in [0.29, 0.717) is 16.6 Å². The van der Waals surface area contributed by atoms with Crippen LogP contribution in [0.5, 0.6) is 0 Å². The van der Waals surface area contributed by atoms with Gasteiger partial charge in [-0.3, -0.25) is 9.59 Å². The molecule has 0 aliphatic rings. The van der Waals surface area contributed by atoms with Gasteiger partial charge < -0.3 is 5.32 Å². The number of fused-ring (bicyclic) bond motifs is 1. The summed E-state index contributed by atoms with van der Waals surface area (Å²) in [5.41, 5.74) is 1.42. The van der Waals surface area contributed by atoms with Crippen molar-refractivity contribution in [2.24, 2.45) is 0 Å². The van der Waals surface area contributed by atoms with E-state index in [0.717, 1.165) is 40.2 Å². The van der Waals surface area contributed by atoms with Crippen molar-refractivity contribution in [3.8, 4) is 5.69 Å². The molecule has 1 N–H and O–H groups in total. The molecule has 2 aromatic carbocycles. The number of nitrogens with zero attached hydrogens (tertiary/aromatic N) is 4. The Morgan fingerprint density at radius 2 is 1.76 bits per heavy atom. The number of hydrogen-bond acceptors (Lipinski definition) is 4. The molecule has 0 aliphatic heterocycles. The van der Waals surface area contributed by atoms with Gasteiger partial charge in [-0.1, -0.05) is 32.0 Å². The second-order valence-corrected chi connectivity index (χ2v) is 8.23. The highest BCUT2D eigenvalue weighted by atomic mass is 19.4. The van der Waals surface area contributed by atoms with Gasteiger partial charge in [0.1, 0.15) is 12.1 Å². The lowest BCUT2D eigenvalue weighted by molar-refractivity contribution is -0.137. The normalized spacial score (nSPS) is 11.9. The number of para-hydroxylation sites is 1. The smallest absolute Gasteiger partial charge is 0.324 e. The first-order valence-corrected chi connectivity index (χ1v) is 10.6. The molecule has 0 fully saturated rings. The lowest BCUT2D eigenvalue weighted by atomic mass is 10.1. The first kappa shape index (κ1) is 23.2. The lowest BCUT2D eigenvalue weighted by Crippen LogP contribution is -2.31. The number of alkyl halides is 3. The Hall–Kier alpha value is -3.95. The molecule has 0 saturated heterocycles. The number of anilines is 1. The summed E-state index contributed by atoms with van der Waals surface area (Å²) in [6, 6.07) is 11.6. The summed E-state index contributed by atoms with van der Waals surface area (Å²) in [7, 11) is 0. The van der Waals surface area contributed by atoms with Crippen molar-refractivity contribution in [1.29, 1.82) is 0 Å². The fourth-order valence-corrected chi connectivity index (χ4v) is 3.69. The summed E-state index contributed by atoms with van der Waals surface area (Å²) >= 11 is 0. The first-order valence-electron chi connectivity index (χ1n) is 10.6. The second kappa shape index (κ2) is 8.77. The number of nitrogens with one attached hydrogen (secondary N) is 1. The van der Waals surface area contributed by atoms with Crippen LogP contribution in [-0.2, 0) is 17.5 Å². The van der Waals surface area contributed by atoms with Gasteiger partial charge in [-0.2, -0.15) is 23.4 Å². The number of aromatic nitrogens is 4. The summed E-state index contributed by atoms with van der Waals surface area (Å²) in [5.74, 6) is -0.646. The lowest BCUT2D eigenvalue weighted by Gasteiger charge is -2.13. The van der Waals surface area contributed by atoms with Gasteiger partial charge in [0.2, 0.25) is 5.91 Å². The van der Waals surface area contributed by atoms with Gasteiger partial charge >= 0.3 is 6.18 Å². The van der Waals surface area contributed by atoms with Crippen LogP contribution in [0, 0.1) is 6.92 Å². The Morgan fingerprint density at radius 3 is 2.38 bits per heavy atom. The fourth-order valence-electron chi connectivity index (χ4n) is 3.69. The number of amides is 1. The number of halogens is 3. The van der Waals surface area contributed by atoms with Crippen molar-refractivity contribution in [1.82, 2.24) is 19.6 Å². The molecule has 0 aliphatic carbocycles. The van der Waals surface area contributed by atoms with Crippen LogP contribution in [0.4, 0.5) is 18.9 Å². The van der Waals surface area contributed by atoms with Crippen molar-refractivity contribution in [2.45, 2.75) is 39.4 Å². The molecule has 0 atom stereocenters. The average Bonchev–Trinajstić information content (AvgIpc) is 3.20. The van der Waals surface area contributed by atoms with Crippen LogP contribution in [0.2, 0.25) is 0 Å². The molecule has 34 heavy (non-hydrogen) atoms. The van der Waals surface area contributed by atoms with Crippen molar-refractivity contribution in [2.75, 3.05) is 5.32 Å². The van der Waals surface area contributed by atoms with Crippen LogP contribution in [0.15, 0.2) is 59.5 Å². The summed E-state index contributed by atoms with van der Waals surface area (Å²) < 4.78 is 40.9. The quantitative estimate of drug-likeness (QED) is 0.461. The molecule has 1 amide bonds. The maximum Gasteiger partial charge on any atom is 0.416 e. The van der Waals surface area contributed by atoms with Gasteiger partial charge in [0, 0.05) is 11.1 Å². The predicted octanol–water partition coefficient (Wildman–Crippen LogP) is 4.67. The Labute approximate surface area is 192 Å². The van der Waals surface area contributed by atoms with Crippen LogP contribution < -0.4 is 10.9 Å². The monoisotopic (exact) mass is 469 g/mol. The van der Waals surface area contributed by atoms with Crippen LogP contribution in [-0.4, -0.2) is 25.5 Å². The third-order valence-corrected chi connectivity index (χ3v) is 5.39. The number of benzene rings is 2. The molecule has 7 nitrogen and oxygen atoms in total. The Bertz CT molecular complexity index is 1420. The third-order valence-electron chi connectivity index (χ3n) is 5.39. The molecule has 0 radical (unpaired) electrons. The molecule has 0 unspecified atom stereocenters. The third kappa shape index (κ3) is 4.43. The van der Waals surface area contributed by atoms with E-state index < -0.39 is 29.8 Å². The molecule has 2 heterocycles. The van der Waals surface area contributed by atoms with Gasteiger partial charge in [-0.15, -0.1) is 0 Å². The van der Waals surface area contributed by atoms with Gasteiger partial charge in [0.25, 0.3) is 5.56 Å². The number of carbonyl (C=O) groups excluding carboxylic acids is 1. The minimum atomic E-state index is -4.47. The van der Waals surface area contributed by atoms with E-state index in [1.807, 2.05) is 45.0 Å². The van der Waals surface area contributed by atoms with Crippen molar-refractivity contribution >= 4 is 22.5 Å². The van der Waals surface area contributed by atoms with E-state index in [1.165, 1.54) is 0 Å². The predicted molar refractivity (Wildman–Crippen MR) is 122 cm³/mol. The minimum absolute atomic E-state index is 0.0538.